The van der Waals surface area contributed by atoms with Crippen LogP contribution in [-0.4, -0.2) is 35.4 Å². The number of hydrogen-bond acceptors (Lipinski definition) is 4. The van der Waals surface area contributed by atoms with Crippen molar-refractivity contribution in [3.8, 4) is 11.5 Å². The van der Waals surface area contributed by atoms with E-state index in [1.807, 2.05) is 0 Å². The Morgan fingerprint density at radius 3 is 2.48 bits per heavy atom. The number of likely N-dealkylation sites (tertiary alicyclic amines) is 1. The van der Waals surface area contributed by atoms with Gasteiger partial charge in [-0.2, -0.15) is 0 Å². The lowest BCUT2D eigenvalue weighted by atomic mass is 9.99. The molecule has 0 bridgehead atoms. The molecular weight excluding hydrogens is 434 g/mol. The molecule has 1 aliphatic rings. The lowest BCUT2D eigenvalue weighted by molar-refractivity contribution is -0.275. The Labute approximate surface area is 174 Å². The number of ether oxygens (including phenoxy) is 2. The van der Waals surface area contributed by atoms with Crippen LogP contribution in [0.2, 0.25) is 10.0 Å². The van der Waals surface area contributed by atoms with E-state index in [-0.39, 0.29) is 43.3 Å². The zero-order valence-electron chi connectivity index (χ0n) is 14.9. The fourth-order valence-electron chi connectivity index (χ4n) is 2.87. The first-order chi connectivity index (χ1) is 13.6. The number of alkyl halides is 3. The van der Waals surface area contributed by atoms with E-state index < -0.39 is 18.2 Å². The third kappa shape index (κ3) is 5.91. The maximum Gasteiger partial charge on any atom is 0.573 e. The fraction of sp³-hybridized carbons (Fsp3) is 0.316. The van der Waals surface area contributed by atoms with E-state index in [9.17, 15) is 18.0 Å². The molecule has 2 aromatic carbocycles. The standard InChI is InChI=1S/C19H16Cl2F3NO4/c20-15-4-1-11(5-16(15)21)10-28-14-3-2-12(17(6-14)29-19(22,23)24)7-25-8-13(9-25)18(26)27/h1-6,13H,7-10H2,(H,26,27). The highest BCUT2D eigenvalue weighted by molar-refractivity contribution is 6.42. The van der Waals surface area contributed by atoms with Crippen LogP contribution in [0, 0.1) is 5.92 Å². The highest BCUT2D eigenvalue weighted by Gasteiger charge is 2.35. The van der Waals surface area contributed by atoms with Gasteiger partial charge in [0, 0.05) is 31.3 Å². The van der Waals surface area contributed by atoms with Crippen LogP contribution < -0.4 is 9.47 Å². The van der Waals surface area contributed by atoms with Gasteiger partial charge in [-0.1, -0.05) is 35.3 Å². The van der Waals surface area contributed by atoms with Crippen molar-refractivity contribution in [3.05, 3.63) is 57.6 Å². The monoisotopic (exact) mass is 449 g/mol. The maximum absolute atomic E-state index is 12.8. The molecular formula is C19H16Cl2F3NO4. The Morgan fingerprint density at radius 1 is 1.14 bits per heavy atom. The molecule has 2 aromatic rings. The average Bonchev–Trinajstić information content (AvgIpc) is 2.58. The SMILES string of the molecule is O=C(O)C1CN(Cc2ccc(OCc3ccc(Cl)c(Cl)c3)cc2OC(F)(F)F)C1. The van der Waals surface area contributed by atoms with Crippen molar-refractivity contribution in [2.24, 2.45) is 5.92 Å². The van der Waals surface area contributed by atoms with Crippen LogP contribution in [0.3, 0.4) is 0 Å². The Bertz CT molecular complexity index is 902. The van der Waals surface area contributed by atoms with Gasteiger partial charge < -0.3 is 14.6 Å². The summed E-state index contributed by atoms with van der Waals surface area (Å²) in [6, 6.07) is 9.06. The van der Waals surface area contributed by atoms with Crippen LogP contribution in [0.25, 0.3) is 0 Å². The van der Waals surface area contributed by atoms with Gasteiger partial charge in [0.1, 0.15) is 18.1 Å². The quantitative estimate of drug-likeness (QED) is 0.645. The molecule has 3 rings (SSSR count). The van der Waals surface area contributed by atoms with E-state index in [4.69, 9.17) is 33.0 Å². The van der Waals surface area contributed by atoms with Gasteiger partial charge in [-0.3, -0.25) is 9.69 Å². The maximum atomic E-state index is 12.8. The van der Waals surface area contributed by atoms with Gasteiger partial charge in [0.25, 0.3) is 0 Å². The minimum absolute atomic E-state index is 0.0775. The first-order valence-electron chi connectivity index (χ1n) is 8.51. The first kappa shape index (κ1) is 21.5. The summed E-state index contributed by atoms with van der Waals surface area (Å²) in [4.78, 5) is 12.6. The van der Waals surface area contributed by atoms with Gasteiger partial charge >= 0.3 is 12.3 Å². The summed E-state index contributed by atoms with van der Waals surface area (Å²) in [6.45, 7) is 0.767. The lowest BCUT2D eigenvalue weighted by Gasteiger charge is -2.36. The predicted molar refractivity (Wildman–Crippen MR) is 100 cm³/mol. The smallest absolute Gasteiger partial charge is 0.489 e. The minimum atomic E-state index is -4.87. The van der Waals surface area contributed by atoms with Gasteiger partial charge in [-0.25, -0.2) is 0 Å². The summed E-state index contributed by atoms with van der Waals surface area (Å²) in [5, 5.41) is 9.65. The molecule has 1 fully saturated rings. The number of carboxylic acid groups (broad SMARTS) is 1. The summed E-state index contributed by atoms with van der Waals surface area (Å²) >= 11 is 11.8. The third-order valence-corrected chi connectivity index (χ3v) is 5.09. The average molecular weight is 450 g/mol. The van der Waals surface area contributed by atoms with Gasteiger partial charge in [-0.15, -0.1) is 13.2 Å². The Morgan fingerprint density at radius 2 is 1.86 bits per heavy atom. The number of nitrogens with zero attached hydrogens (tertiary/aromatic N) is 1. The summed E-state index contributed by atoms with van der Waals surface area (Å²) < 4.78 is 48.1. The molecule has 0 aliphatic carbocycles. The van der Waals surface area contributed by atoms with Crippen molar-refractivity contribution in [3.63, 3.8) is 0 Å². The molecule has 0 radical (unpaired) electrons. The molecule has 156 valence electrons. The zero-order valence-corrected chi connectivity index (χ0v) is 16.4. The van der Waals surface area contributed by atoms with E-state index in [1.165, 1.54) is 12.1 Å². The van der Waals surface area contributed by atoms with Crippen molar-refractivity contribution in [1.82, 2.24) is 4.90 Å². The molecule has 0 spiro atoms. The van der Waals surface area contributed by atoms with Crippen molar-refractivity contribution < 1.29 is 32.5 Å². The number of halogens is 5. The molecule has 1 aliphatic heterocycles. The van der Waals surface area contributed by atoms with Gasteiger partial charge in [0.05, 0.1) is 16.0 Å². The van der Waals surface area contributed by atoms with Crippen molar-refractivity contribution in [2.75, 3.05) is 13.1 Å². The van der Waals surface area contributed by atoms with Crippen LogP contribution in [0.4, 0.5) is 13.2 Å². The largest absolute Gasteiger partial charge is 0.573 e. The Hall–Kier alpha value is -2.16. The lowest BCUT2D eigenvalue weighted by Crippen LogP contribution is -2.49. The Balaban J connectivity index is 1.71. The van der Waals surface area contributed by atoms with E-state index >= 15 is 0 Å². The number of carbonyl (C=O) groups is 1. The molecule has 0 saturated carbocycles. The van der Waals surface area contributed by atoms with Gasteiger partial charge in [0.2, 0.25) is 0 Å². The summed E-state index contributed by atoms with van der Waals surface area (Å²) in [5.74, 6) is -1.62. The van der Waals surface area contributed by atoms with Gasteiger partial charge in [-0.05, 0) is 23.8 Å². The van der Waals surface area contributed by atoms with Gasteiger partial charge in [0.15, 0.2) is 0 Å². The summed E-state index contributed by atoms with van der Waals surface area (Å²) in [5.41, 5.74) is 0.982. The molecule has 1 saturated heterocycles. The van der Waals surface area contributed by atoms with E-state index in [0.29, 0.717) is 15.6 Å². The third-order valence-electron chi connectivity index (χ3n) is 4.35. The number of benzene rings is 2. The van der Waals surface area contributed by atoms with Crippen molar-refractivity contribution in [2.45, 2.75) is 19.5 Å². The second-order valence-corrected chi connectivity index (χ2v) is 7.40. The molecule has 1 N–H and O–H groups in total. The molecule has 0 unspecified atom stereocenters. The number of carboxylic acids is 1. The minimum Gasteiger partial charge on any atom is -0.489 e. The topological polar surface area (TPSA) is 59.0 Å². The Kier molecular flexibility index (Phi) is 6.45. The highest BCUT2D eigenvalue weighted by Crippen LogP contribution is 2.33. The summed E-state index contributed by atoms with van der Waals surface area (Å²) in [6.07, 6.45) is -4.87. The van der Waals surface area contributed by atoms with E-state index in [2.05, 4.69) is 4.74 Å². The fourth-order valence-corrected chi connectivity index (χ4v) is 3.19. The van der Waals surface area contributed by atoms with Crippen LogP contribution in [0.5, 0.6) is 11.5 Å². The molecule has 0 aromatic heterocycles. The highest BCUT2D eigenvalue weighted by atomic mass is 35.5. The number of aliphatic carboxylic acids is 1. The van der Waals surface area contributed by atoms with E-state index in [0.717, 1.165) is 6.07 Å². The summed E-state index contributed by atoms with van der Waals surface area (Å²) in [7, 11) is 0. The first-order valence-corrected chi connectivity index (χ1v) is 9.27. The predicted octanol–water partition coefficient (Wildman–Crippen LogP) is 4.99. The molecule has 5 nitrogen and oxygen atoms in total. The van der Waals surface area contributed by atoms with E-state index in [1.54, 1.807) is 23.1 Å². The molecule has 1 heterocycles. The van der Waals surface area contributed by atoms with Crippen LogP contribution in [0.15, 0.2) is 36.4 Å². The van der Waals surface area contributed by atoms with Crippen LogP contribution in [0.1, 0.15) is 11.1 Å². The molecule has 10 heteroatoms. The molecule has 0 amide bonds. The normalized spacial score (nSPS) is 15.1. The molecule has 0 atom stereocenters. The second-order valence-electron chi connectivity index (χ2n) is 6.58. The van der Waals surface area contributed by atoms with Crippen molar-refractivity contribution in [1.29, 1.82) is 0 Å². The van der Waals surface area contributed by atoms with Crippen molar-refractivity contribution >= 4 is 29.2 Å². The second kappa shape index (κ2) is 8.69. The molecule has 29 heavy (non-hydrogen) atoms. The van der Waals surface area contributed by atoms with Crippen LogP contribution in [-0.2, 0) is 17.9 Å². The number of hydrogen-bond donors (Lipinski definition) is 1. The van der Waals surface area contributed by atoms with Crippen LogP contribution >= 0.6 is 23.2 Å². The zero-order chi connectivity index (χ0) is 21.2. The number of rotatable bonds is 7.